The summed E-state index contributed by atoms with van der Waals surface area (Å²) < 4.78 is 79.2. The molecule has 0 aliphatic heterocycles. The lowest BCUT2D eigenvalue weighted by atomic mass is 9.81. The van der Waals surface area contributed by atoms with Crippen LogP contribution in [-0.2, 0) is 14.8 Å². The largest absolute Gasteiger partial charge is 0.383 e. The van der Waals surface area contributed by atoms with Crippen LogP contribution in [0.3, 0.4) is 0 Å². The first-order valence-corrected chi connectivity index (χ1v) is 16.1. The second kappa shape index (κ2) is 12.9. The summed E-state index contributed by atoms with van der Waals surface area (Å²) in [5, 5.41) is 8.20. The Bertz CT molecular complexity index is 1790. The standard InChI is InChI=1S/C30H34ClF3N6O3S/c1-16(2)40-29-21(17-4-7-19(8-5-17)36-10-11-43-3)15-37-30(35)27(29)28(38-40)20-13-24(34)25(14-23(20)33)39-44(41,42)26-9-6-18(32)12-22(26)31/h6,9,12-17,19,36,39H,4-5,7-8,10-11H2,1-3H3,(H2,35,37). The van der Waals surface area contributed by atoms with Crippen LogP contribution >= 0.6 is 11.6 Å². The van der Waals surface area contributed by atoms with Gasteiger partial charge < -0.3 is 15.8 Å². The lowest BCUT2D eigenvalue weighted by Gasteiger charge is -2.30. The Balaban J connectivity index is 1.52. The van der Waals surface area contributed by atoms with Crippen LogP contribution in [0.5, 0.6) is 0 Å². The Kier molecular flexibility index (Phi) is 9.40. The zero-order valence-corrected chi connectivity index (χ0v) is 26.1. The van der Waals surface area contributed by atoms with E-state index in [0.29, 0.717) is 23.6 Å². The Labute approximate surface area is 259 Å². The molecule has 9 nitrogen and oxygen atoms in total. The van der Waals surface area contributed by atoms with Crippen LogP contribution in [0.25, 0.3) is 22.2 Å². The molecular weight excluding hydrogens is 617 g/mol. The first kappa shape index (κ1) is 32.0. The van der Waals surface area contributed by atoms with Crippen molar-refractivity contribution in [1.82, 2.24) is 20.1 Å². The third-order valence-corrected chi connectivity index (χ3v) is 9.77. The third-order valence-electron chi connectivity index (χ3n) is 7.92. The van der Waals surface area contributed by atoms with E-state index in [0.717, 1.165) is 68.1 Å². The number of nitrogens with two attached hydrogens (primary N) is 1. The molecule has 0 bridgehead atoms. The van der Waals surface area contributed by atoms with E-state index in [1.807, 2.05) is 18.6 Å². The highest BCUT2D eigenvalue weighted by Gasteiger charge is 2.29. The lowest BCUT2D eigenvalue weighted by molar-refractivity contribution is 0.191. The van der Waals surface area contributed by atoms with Crippen molar-refractivity contribution in [3.05, 3.63) is 64.6 Å². The summed E-state index contributed by atoms with van der Waals surface area (Å²) in [6.07, 6.45) is 5.48. The van der Waals surface area contributed by atoms with Gasteiger partial charge in [-0.05, 0) is 75.3 Å². The number of hydrogen-bond donors (Lipinski definition) is 3. The second-order valence-corrected chi connectivity index (χ2v) is 13.3. The minimum absolute atomic E-state index is 0.0999. The van der Waals surface area contributed by atoms with Gasteiger partial charge >= 0.3 is 0 Å². The average molecular weight is 651 g/mol. The summed E-state index contributed by atoms with van der Waals surface area (Å²) in [6, 6.07) is 4.49. The molecule has 1 fully saturated rings. The van der Waals surface area contributed by atoms with Crippen LogP contribution in [0.1, 0.15) is 57.1 Å². The van der Waals surface area contributed by atoms with Gasteiger partial charge in [-0.2, -0.15) is 5.10 Å². The lowest BCUT2D eigenvalue weighted by Crippen LogP contribution is -2.34. The molecule has 14 heteroatoms. The molecule has 1 aliphatic carbocycles. The third kappa shape index (κ3) is 6.37. The molecule has 2 aromatic carbocycles. The van der Waals surface area contributed by atoms with Crippen LogP contribution in [0.15, 0.2) is 41.4 Å². The fraction of sp³-hybridized carbons (Fsp3) is 0.400. The van der Waals surface area contributed by atoms with Crippen molar-refractivity contribution in [2.24, 2.45) is 0 Å². The highest BCUT2D eigenvalue weighted by atomic mass is 35.5. The number of benzene rings is 2. The number of aromatic nitrogens is 3. The van der Waals surface area contributed by atoms with Gasteiger partial charge in [0.1, 0.15) is 33.9 Å². The van der Waals surface area contributed by atoms with Crippen molar-refractivity contribution in [3.63, 3.8) is 0 Å². The van der Waals surface area contributed by atoms with Gasteiger partial charge in [0.25, 0.3) is 10.0 Å². The van der Waals surface area contributed by atoms with Gasteiger partial charge in [-0.1, -0.05) is 11.6 Å². The number of fused-ring (bicyclic) bond motifs is 1. The smallest absolute Gasteiger partial charge is 0.263 e. The van der Waals surface area contributed by atoms with E-state index >= 15 is 8.78 Å². The number of anilines is 2. The minimum atomic E-state index is -4.47. The summed E-state index contributed by atoms with van der Waals surface area (Å²) in [6.45, 7) is 5.29. The molecule has 4 aromatic rings. The number of ether oxygens (including phenoxy) is 1. The number of rotatable bonds is 10. The van der Waals surface area contributed by atoms with Crippen molar-refractivity contribution in [1.29, 1.82) is 0 Å². The van der Waals surface area contributed by atoms with Crippen LogP contribution < -0.4 is 15.8 Å². The molecule has 0 radical (unpaired) electrons. The molecule has 2 aromatic heterocycles. The van der Waals surface area contributed by atoms with Gasteiger partial charge in [0, 0.05) is 43.6 Å². The predicted octanol–water partition coefficient (Wildman–Crippen LogP) is 6.40. The van der Waals surface area contributed by atoms with E-state index in [1.165, 1.54) is 0 Å². The van der Waals surface area contributed by atoms with Gasteiger partial charge in [-0.15, -0.1) is 0 Å². The van der Waals surface area contributed by atoms with Crippen LogP contribution in [0.2, 0.25) is 5.02 Å². The summed E-state index contributed by atoms with van der Waals surface area (Å²) in [7, 11) is -2.80. The van der Waals surface area contributed by atoms with E-state index in [2.05, 4.69) is 15.4 Å². The van der Waals surface area contributed by atoms with E-state index in [4.69, 9.17) is 22.1 Å². The second-order valence-electron chi connectivity index (χ2n) is 11.2. The van der Waals surface area contributed by atoms with E-state index in [-0.39, 0.29) is 29.0 Å². The topological polar surface area (TPSA) is 124 Å². The maximum absolute atomic E-state index is 15.7. The Morgan fingerprint density at radius 3 is 2.50 bits per heavy atom. The van der Waals surface area contributed by atoms with Crippen LogP contribution in [-0.4, -0.2) is 49.5 Å². The molecule has 0 amide bonds. The first-order valence-electron chi connectivity index (χ1n) is 14.3. The quantitative estimate of drug-likeness (QED) is 0.170. The molecule has 5 rings (SSSR count). The van der Waals surface area contributed by atoms with Gasteiger partial charge in [0.15, 0.2) is 0 Å². The molecule has 236 valence electrons. The highest BCUT2D eigenvalue weighted by Crippen LogP contribution is 2.42. The molecule has 0 unspecified atom stereocenters. The Morgan fingerprint density at radius 1 is 1.11 bits per heavy atom. The summed E-state index contributed by atoms with van der Waals surface area (Å²) in [5.41, 5.74) is 7.26. The minimum Gasteiger partial charge on any atom is -0.383 e. The Hall–Kier alpha value is -3.39. The van der Waals surface area contributed by atoms with E-state index < -0.39 is 43.1 Å². The number of pyridine rings is 1. The van der Waals surface area contributed by atoms with E-state index in [1.54, 1.807) is 18.0 Å². The zero-order valence-electron chi connectivity index (χ0n) is 24.5. The van der Waals surface area contributed by atoms with Gasteiger partial charge in [0.05, 0.1) is 28.2 Å². The fourth-order valence-electron chi connectivity index (χ4n) is 5.75. The van der Waals surface area contributed by atoms with Crippen LogP contribution in [0, 0.1) is 17.5 Å². The molecule has 1 aliphatic rings. The van der Waals surface area contributed by atoms with Crippen molar-refractivity contribution in [2.45, 2.75) is 62.4 Å². The molecule has 2 heterocycles. The van der Waals surface area contributed by atoms with Gasteiger partial charge in [-0.3, -0.25) is 9.40 Å². The zero-order chi connectivity index (χ0) is 31.8. The monoisotopic (exact) mass is 650 g/mol. The summed E-state index contributed by atoms with van der Waals surface area (Å²) in [4.78, 5) is 3.94. The molecular formula is C30H34ClF3N6O3S. The number of hydrogen-bond acceptors (Lipinski definition) is 7. The number of nitrogens with zero attached hydrogens (tertiary/aromatic N) is 3. The van der Waals surface area contributed by atoms with Crippen molar-refractivity contribution >= 4 is 44.0 Å². The summed E-state index contributed by atoms with van der Waals surface area (Å²) in [5.74, 6) is -2.45. The fourth-order valence-corrected chi connectivity index (χ4v) is 7.34. The van der Waals surface area contributed by atoms with Gasteiger partial charge in [-0.25, -0.2) is 26.6 Å². The normalized spacial score (nSPS) is 17.5. The molecule has 0 atom stereocenters. The first-order chi connectivity index (χ1) is 20.9. The van der Waals surface area contributed by atoms with Crippen molar-refractivity contribution < 1.29 is 26.3 Å². The molecule has 4 N–H and O–H groups in total. The van der Waals surface area contributed by atoms with Crippen molar-refractivity contribution in [2.75, 3.05) is 30.7 Å². The number of methoxy groups -OCH3 is 1. The van der Waals surface area contributed by atoms with Crippen molar-refractivity contribution in [3.8, 4) is 11.3 Å². The number of nitrogen functional groups attached to an aromatic ring is 1. The number of sulfonamides is 1. The molecule has 44 heavy (non-hydrogen) atoms. The molecule has 1 saturated carbocycles. The summed E-state index contributed by atoms with van der Waals surface area (Å²) >= 11 is 5.89. The maximum atomic E-state index is 15.7. The average Bonchev–Trinajstić information content (AvgIpc) is 3.37. The van der Waals surface area contributed by atoms with Gasteiger partial charge in [0.2, 0.25) is 0 Å². The highest BCUT2D eigenvalue weighted by molar-refractivity contribution is 7.92. The molecule has 0 spiro atoms. The SMILES string of the molecule is COCCNC1CCC(c2cnc(N)c3c(-c4cc(F)c(NS(=O)(=O)c5ccc(F)cc5Cl)cc4F)nn(C(C)C)c23)CC1. The number of halogens is 4. The van der Waals surface area contributed by atoms with E-state index in [9.17, 15) is 12.8 Å². The van der Waals surface area contributed by atoms with Crippen LogP contribution in [0.4, 0.5) is 24.7 Å². The predicted molar refractivity (Wildman–Crippen MR) is 165 cm³/mol. The molecule has 0 saturated heterocycles. The maximum Gasteiger partial charge on any atom is 0.263 e. The Morgan fingerprint density at radius 2 is 1.84 bits per heavy atom. The number of nitrogens with one attached hydrogen (secondary N) is 2.